The number of anilines is 2. The summed E-state index contributed by atoms with van der Waals surface area (Å²) in [4.78, 5) is 7.88. The van der Waals surface area contributed by atoms with Crippen LogP contribution >= 0.6 is 11.6 Å². The highest BCUT2D eigenvalue weighted by Gasteiger charge is 2.07. The minimum atomic E-state index is 0.215. The minimum Gasteiger partial charge on any atom is -0.411 e. The predicted octanol–water partition coefficient (Wildman–Crippen LogP) is 2.13. The monoisotopic (exact) mass is 277 g/mol. The molecule has 0 aliphatic rings. The smallest absolute Gasteiger partial charge is 0.143 e. The van der Waals surface area contributed by atoms with E-state index in [-0.39, 0.29) is 5.15 Å². The van der Waals surface area contributed by atoms with Crippen LogP contribution in [0.4, 0.5) is 11.5 Å². The van der Waals surface area contributed by atoms with Gasteiger partial charge in [-0.25, -0.2) is 9.97 Å². The normalized spacial score (nSPS) is 10.8. The van der Waals surface area contributed by atoms with Crippen LogP contribution in [0.2, 0.25) is 5.15 Å². The number of hydrogen-bond donors (Lipinski definition) is 3. The summed E-state index contributed by atoms with van der Waals surface area (Å²) in [6, 6.07) is 7.45. The Morgan fingerprint density at radius 2 is 2.05 bits per heavy atom. The third kappa shape index (κ3) is 3.32. The molecule has 0 amide bonds. The number of rotatable bonds is 4. The zero-order valence-corrected chi connectivity index (χ0v) is 10.7. The molecule has 2 rings (SSSR count). The molecule has 0 spiro atoms. The molecule has 0 radical (unpaired) electrons. The molecule has 0 saturated heterocycles. The molecule has 1 heterocycles. The SMILES string of the molecule is Nc1ccc(CNc2ncnc(Cl)c2/C=N/O)cc1. The molecule has 7 heteroatoms. The van der Waals surface area contributed by atoms with Gasteiger partial charge in [0.25, 0.3) is 0 Å². The standard InChI is InChI=1S/C12H12ClN5O/c13-11-10(6-18-19)12(17-7-16-11)15-5-8-1-3-9(14)4-2-8/h1-4,6-7,19H,5,14H2,(H,15,16,17)/b18-6+. The molecule has 19 heavy (non-hydrogen) atoms. The largest absolute Gasteiger partial charge is 0.411 e. The number of nitrogens with zero attached hydrogens (tertiary/aromatic N) is 3. The van der Waals surface area contributed by atoms with Gasteiger partial charge in [-0.05, 0) is 17.7 Å². The quantitative estimate of drug-likeness (QED) is 0.262. The Hall–Kier alpha value is -2.34. The number of halogens is 1. The van der Waals surface area contributed by atoms with Crippen molar-refractivity contribution in [1.82, 2.24) is 9.97 Å². The number of nitrogen functional groups attached to an aromatic ring is 1. The van der Waals surface area contributed by atoms with Crippen LogP contribution < -0.4 is 11.1 Å². The molecular formula is C12H12ClN5O. The van der Waals surface area contributed by atoms with Gasteiger partial charge in [0.15, 0.2) is 0 Å². The van der Waals surface area contributed by atoms with E-state index in [1.165, 1.54) is 12.5 Å². The molecule has 0 saturated carbocycles. The molecule has 6 nitrogen and oxygen atoms in total. The first-order valence-electron chi connectivity index (χ1n) is 5.47. The average molecular weight is 278 g/mol. The molecule has 1 aromatic heterocycles. The summed E-state index contributed by atoms with van der Waals surface area (Å²) in [5.41, 5.74) is 7.79. The van der Waals surface area contributed by atoms with Crippen molar-refractivity contribution in [2.24, 2.45) is 5.16 Å². The number of nitrogens with one attached hydrogen (secondary N) is 1. The number of hydrogen-bond acceptors (Lipinski definition) is 6. The summed E-state index contributed by atoms with van der Waals surface area (Å²) in [6.07, 6.45) is 2.52. The van der Waals surface area contributed by atoms with E-state index in [9.17, 15) is 0 Å². The zero-order valence-electron chi connectivity index (χ0n) is 9.92. The fraction of sp³-hybridized carbons (Fsp3) is 0.0833. The van der Waals surface area contributed by atoms with E-state index >= 15 is 0 Å². The van der Waals surface area contributed by atoms with Crippen LogP contribution in [0.5, 0.6) is 0 Å². The first-order chi connectivity index (χ1) is 9.20. The highest BCUT2D eigenvalue weighted by atomic mass is 35.5. The van der Waals surface area contributed by atoms with Crippen molar-refractivity contribution >= 4 is 29.3 Å². The summed E-state index contributed by atoms with van der Waals surface area (Å²) in [7, 11) is 0. The third-order valence-electron chi connectivity index (χ3n) is 2.46. The Kier molecular flexibility index (Phi) is 4.15. The van der Waals surface area contributed by atoms with Crippen LogP contribution in [0.1, 0.15) is 11.1 Å². The summed E-state index contributed by atoms with van der Waals surface area (Å²) in [5, 5.41) is 14.9. The average Bonchev–Trinajstić information content (AvgIpc) is 2.41. The molecular weight excluding hydrogens is 266 g/mol. The van der Waals surface area contributed by atoms with Crippen LogP contribution in [0.3, 0.4) is 0 Å². The Labute approximate surface area is 114 Å². The molecule has 4 N–H and O–H groups in total. The number of benzene rings is 1. The lowest BCUT2D eigenvalue weighted by Crippen LogP contribution is -2.06. The van der Waals surface area contributed by atoms with Crippen molar-refractivity contribution < 1.29 is 5.21 Å². The maximum absolute atomic E-state index is 8.60. The van der Waals surface area contributed by atoms with Gasteiger partial charge < -0.3 is 16.3 Å². The first kappa shape index (κ1) is 13.1. The maximum Gasteiger partial charge on any atom is 0.143 e. The van der Waals surface area contributed by atoms with E-state index in [1.807, 2.05) is 24.3 Å². The second kappa shape index (κ2) is 6.01. The van der Waals surface area contributed by atoms with Crippen molar-refractivity contribution in [3.8, 4) is 0 Å². The molecule has 0 bridgehead atoms. The minimum absolute atomic E-state index is 0.215. The van der Waals surface area contributed by atoms with Crippen molar-refractivity contribution in [1.29, 1.82) is 0 Å². The van der Waals surface area contributed by atoms with Crippen LogP contribution in [-0.4, -0.2) is 21.4 Å². The number of nitrogens with two attached hydrogens (primary N) is 1. The number of aromatic nitrogens is 2. The Morgan fingerprint density at radius 1 is 1.32 bits per heavy atom. The second-order valence-corrected chi connectivity index (χ2v) is 4.12. The van der Waals surface area contributed by atoms with Crippen molar-refractivity contribution in [2.75, 3.05) is 11.1 Å². The van der Waals surface area contributed by atoms with Crippen molar-refractivity contribution in [2.45, 2.75) is 6.54 Å². The van der Waals surface area contributed by atoms with Gasteiger partial charge in [-0.1, -0.05) is 28.9 Å². The van der Waals surface area contributed by atoms with Gasteiger partial charge in [-0.3, -0.25) is 0 Å². The van der Waals surface area contributed by atoms with Crippen molar-refractivity contribution in [3.63, 3.8) is 0 Å². The summed E-state index contributed by atoms with van der Waals surface area (Å²) < 4.78 is 0. The highest BCUT2D eigenvalue weighted by molar-refractivity contribution is 6.32. The van der Waals surface area contributed by atoms with Gasteiger partial charge in [-0.15, -0.1) is 0 Å². The molecule has 0 aliphatic carbocycles. The summed E-state index contributed by atoms with van der Waals surface area (Å²) in [6.45, 7) is 0.542. The first-order valence-corrected chi connectivity index (χ1v) is 5.84. The zero-order chi connectivity index (χ0) is 13.7. The van der Waals surface area contributed by atoms with Crippen LogP contribution in [0.15, 0.2) is 35.7 Å². The van der Waals surface area contributed by atoms with Gasteiger partial charge in [0.05, 0.1) is 11.8 Å². The fourth-order valence-electron chi connectivity index (χ4n) is 1.51. The molecule has 98 valence electrons. The van der Waals surface area contributed by atoms with Gasteiger partial charge in [-0.2, -0.15) is 0 Å². The van der Waals surface area contributed by atoms with Crippen molar-refractivity contribution in [3.05, 3.63) is 46.9 Å². The highest BCUT2D eigenvalue weighted by Crippen LogP contribution is 2.18. The second-order valence-electron chi connectivity index (χ2n) is 3.77. The van der Waals surface area contributed by atoms with E-state index in [0.29, 0.717) is 23.6 Å². The fourth-order valence-corrected chi connectivity index (χ4v) is 1.69. The van der Waals surface area contributed by atoms with Crippen LogP contribution in [0, 0.1) is 0 Å². The molecule has 2 aromatic rings. The Morgan fingerprint density at radius 3 is 2.74 bits per heavy atom. The lowest BCUT2D eigenvalue weighted by Gasteiger charge is -2.08. The number of oxime groups is 1. The lowest BCUT2D eigenvalue weighted by atomic mass is 10.2. The molecule has 0 fully saturated rings. The van der Waals surface area contributed by atoms with E-state index < -0.39 is 0 Å². The Bertz CT molecular complexity index is 585. The van der Waals surface area contributed by atoms with E-state index in [4.69, 9.17) is 22.5 Å². The Balaban J connectivity index is 2.15. The van der Waals surface area contributed by atoms with Crippen LogP contribution in [-0.2, 0) is 6.54 Å². The van der Waals surface area contributed by atoms with E-state index in [0.717, 1.165) is 5.56 Å². The van der Waals surface area contributed by atoms with E-state index in [2.05, 4.69) is 20.4 Å². The maximum atomic E-state index is 8.60. The molecule has 0 atom stereocenters. The van der Waals surface area contributed by atoms with E-state index in [1.54, 1.807) is 0 Å². The van der Waals surface area contributed by atoms with Gasteiger partial charge >= 0.3 is 0 Å². The molecule has 0 unspecified atom stereocenters. The van der Waals surface area contributed by atoms with Gasteiger partial charge in [0.1, 0.15) is 17.3 Å². The molecule has 0 aliphatic heterocycles. The molecule has 1 aromatic carbocycles. The van der Waals surface area contributed by atoms with Gasteiger partial charge in [0.2, 0.25) is 0 Å². The third-order valence-corrected chi connectivity index (χ3v) is 2.76. The summed E-state index contributed by atoms with van der Waals surface area (Å²) in [5.74, 6) is 0.495. The summed E-state index contributed by atoms with van der Waals surface area (Å²) >= 11 is 5.90. The predicted molar refractivity (Wildman–Crippen MR) is 74.6 cm³/mol. The van der Waals surface area contributed by atoms with Gasteiger partial charge in [0, 0.05) is 12.2 Å². The lowest BCUT2D eigenvalue weighted by molar-refractivity contribution is 0.322. The van der Waals surface area contributed by atoms with Crippen LogP contribution in [0.25, 0.3) is 0 Å². The topological polar surface area (TPSA) is 96.4 Å².